The van der Waals surface area contributed by atoms with Crippen molar-refractivity contribution in [3.8, 4) is 0 Å². The summed E-state index contributed by atoms with van der Waals surface area (Å²) in [4.78, 5) is 37.2. The summed E-state index contributed by atoms with van der Waals surface area (Å²) in [5.41, 5.74) is 0.917. The van der Waals surface area contributed by atoms with Crippen molar-refractivity contribution in [2.45, 2.75) is 18.9 Å². The molecule has 2 aromatic heterocycles. The van der Waals surface area contributed by atoms with Gasteiger partial charge in [0.1, 0.15) is 12.0 Å². The number of aromatic nitrogens is 2. The molecule has 3 fully saturated rings. The first-order valence-corrected chi connectivity index (χ1v) is 8.11. The Bertz CT molecular complexity index is 732. The van der Waals surface area contributed by atoms with Crippen molar-refractivity contribution >= 4 is 11.8 Å². The molecule has 0 aromatic carbocycles. The van der Waals surface area contributed by atoms with Crippen molar-refractivity contribution in [3.63, 3.8) is 0 Å². The molecule has 0 unspecified atom stereocenters. The third kappa shape index (κ3) is 2.66. The summed E-state index contributed by atoms with van der Waals surface area (Å²) in [5, 5.41) is 0. The van der Waals surface area contributed by atoms with Gasteiger partial charge in [0.15, 0.2) is 0 Å². The van der Waals surface area contributed by atoms with Gasteiger partial charge in [0, 0.05) is 38.1 Å². The number of nitrogens with zero attached hydrogens (tertiary/aromatic N) is 4. The molecule has 124 valence electrons. The first-order chi connectivity index (χ1) is 11.7. The summed E-state index contributed by atoms with van der Waals surface area (Å²) in [7, 11) is 0. The zero-order valence-corrected chi connectivity index (χ0v) is 13.2. The van der Waals surface area contributed by atoms with Crippen LogP contribution in [-0.2, 0) is 0 Å². The lowest BCUT2D eigenvalue weighted by atomic mass is 9.94. The van der Waals surface area contributed by atoms with Gasteiger partial charge in [0.2, 0.25) is 0 Å². The quantitative estimate of drug-likeness (QED) is 0.834. The van der Waals surface area contributed by atoms with Gasteiger partial charge in [-0.3, -0.25) is 14.6 Å². The van der Waals surface area contributed by atoms with Crippen LogP contribution in [0, 0.1) is 5.92 Å². The van der Waals surface area contributed by atoms with E-state index in [9.17, 15) is 9.59 Å². The van der Waals surface area contributed by atoms with E-state index in [0.29, 0.717) is 36.8 Å². The number of rotatable bonds is 2. The van der Waals surface area contributed by atoms with E-state index in [-0.39, 0.29) is 17.9 Å². The molecule has 3 aliphatic heterocycles. The first kappa shape index (κ1) is 14.9. The van der Waals surface area contributed by atoms with E-state index in [1.807, 2.05) is 9.80 Å². The molecule has 0 saturated carbocycles. The maximum atomic E-state index is 12.7. The summed E-state index contributed by atoms with van der Waals surface area (Å²) >= 11 is 0. The zero-order valence-electron chi connectivity index (χ0n) is 13.2. The summed E-state index contributed by atoms with van der Waals surface area (Å²) < 4.78 is 5.03. The molecule has 0 aliphatic carbocycles. The Hall–Kier alpha value is -2.70. The van der Waals surface area contributed by atoms with Crippen LogP contribution in [-0.4, -0.2) is 57.3 Å². The van der Waals surface area contributed by atoms with E-state index in [0.717, 1.165) is 12.8 Å². The fourth-order valence-electron chi connectivity index (χ4n) is 3.62. The molecule has 5 rings (SSSR count). The topological polar surface area (TPSA) is 79.5 Å². The average molecular weight is 326 g/mol. The number of hydrogen-bond acceptors (Lipinski definition) is 5. The fourth-order valence-corrected chi connectivity index (χ4v) is 3.62. The van der Waals surface area contributed by atoms with Crippen molar-refractivity contribution in [1.82, 2.24) is 19.8 Å². The fraction of sp³-hybridized carbons (Fsp3) is 0.412. The maximum Gasteiger partial charge on any atom is 0.274 e. The normalized spacial score (nSPS) is 23.2. The lowest BCUT2D eigenvalue weighted by Crippen LogP contribution is -2.47. The maximum absolute atomic E-state index is 12.7. The van der Waals surface area contributed by atoms with Gasteiger partial charge in [-0.05, 0) is 24.8 Å². The number of hydrogen-bond donors (Lipinski definition) is 0. The van der Waals surface area contributed by atoms with E-state index in [1.165, 1.54) is 24.9 Å². The van der Waals surface area contributed by atoms with E-state index >= 15 is 0 Å². The SMILES string of the molecule is O=C(c1cnccn1)N1C[C@@H]2CC[C@H](C1)N(C(=O)c1ccoc1)C2. The third-order valence-electron chi connectivity index (χ3n) is 4.81. The smallest absolute Gasteiger partial charge is 0.274 e. The van der Waals surface area contributed by atoms with Crippen molar-refractivity contribution in [1.29, 1.82) is 0 Å². The standard InChI is InChI=1S/C17H18N4O3/c22-16(13-3-6-24-11-13)21-9-12-1-2-14(21)10-20(8-12)17(23)15-7-18-4-5-19-15/h3-7,11-12,14H,1-2,8-10H2/t12-,14+/m0/s1. The van der Waals surface area contributed by atoms with Gasteiger partial charge in [0.25, 0.3) is 11.8 Å². The minimum Gasteiger partial charge on any atom is -0.472 e. The lowest BCUT2D eigenvalue weighted by Gasteiger charge is -2.35. The summed E-state index contributed by atoms with van der Waals surface area (Å²) in [6.45, 7) is 1.87. The highest BCUT2D eigenvalue weighted by Gasteiger charge is 2.39. The first-order valence-electron chi connectivity index (χ1n) is 8.11. The minimum absolute atomic E-state index is 0.0211. The monoisotopic (exact) mass is 326 g/mol. The Morgan fingerprint density at radius 2 is 2.04 bits per heavy atom. The second kappa shape index (κ2) is 6.07. The second-order valence-electron chi connectivity index (χ2n) is 6.37. The highest BCUT2D eigenvalue weighted by Crippen LogP contribution is 2.29. The summed E-state index contributed by atoms with van der Waals surface area (Å²) in [5.74, 6) is 0.157. The van der Waals surface area contributed by atoms with E-state index in [4.69, 9.17) is 4.42 Å². The Balaban J connectivity index is 1.55. The Labute approximate surface area is 139 Å². The molecule has 2 atom stereocenters. The molecular weight excluding hydrogens is 308 g/mol. The molecular formula is C17H18N4O3. The van der Waals surface area contributed by atoms with Crippen molar-refractivity contribution in [2.24, 2.45) is 5.92 Å². The number of furan rings is 1. The van der Waals surface area contributed by atoms with Gasteiger partial charge < -0.3 is 14.2 Å². The second-order valence-corrected chi connectivity index (χ2v) is 6.37. The zero-order chi connectivity index (χ0) is 16.5. The van der Waals surface area contributed by atoms with E-state index in [2.05, 4.69) is 9.97 Å². The molecule has 3 saturated heterocycles. The van der Waals surface area contributed by atoms with Gasteiger partial charge in [-0.2, -0.15) is 0 Å². The molecule has 2 amide bonds. The van der Waals surface area contributed by atoms with Gasteiger partial charge in [0.05, 0.1) is 18.0 Å². The van der Waals surface area contributed by atoms with E-state index < -0.39 is 0 Å². The molecule has 2 aromatic rings. The molecule has 2 bridgehead atoms. The molecule has 0 N–H and O–H groups in total. The average Bonchev–Trinajstić information content (AvgIpc) is 3.01. The summed E-state index contributed by atoms with van der Waals surface area (Å²) in [6, 6.07) is 1.72. The van der Waals surface area contributed by atoms with Crippen LogP contribution in [0.25, 0.3) is 0 Å². The van der Waals surface area contributed by atoms with Crippen LogP contribution < -0.4 is 0 Å². The van der Waals surface area contributed by atoms with Gasteiger partial charge in [-0.25, -0.2) is 4.98 Å². The van der Waals surface area contributed by atoms with Crippen LogP contribution in [0.2, 0.25) is 0 Å². The van der Waals surface area contributed by atoms with Crippen LogP contribution >= 0.6 is 0 Å². The van der Waals surface area contributed by atoms with Crippen molar-refractivity contribution in [2.75, 3.05) is 19.6 Å². The molecule has 3 aliphatic rings. The van der Waals surface area contributed by atoms with Gasteiger partial charge >= 0.3 is 0 Å². The van der Waals surface area contributed by atoms with Crippen LogP contribution in [0.15, 0.2) is 41.6 Å². The van der Waals surface area contributed by atoms with E-state index in [1.54, 1.807) is 12.3 Å². The van der Waals surface area contributed by atoms with Crippen molar-refractivity contribution < 1.29 is 14.0 Å². The summed E-state index contributed by atoms with van der Waals surface area (Å²) in [6.07, 6.45) is 9.49. The Morgan fingerprint density at radius 1 is 1.12 bits per heavy atom. The highest BCUT2D eigenvalue weighted by molar-refractivity contribution is 5.94. The van der Waals surface area contributed by atoms with Crippen LogP contribution in [0.4, 0.5) is 0 Å². The minimum atomic E-state index is -0.113. The Kier molecular flexibility index (Phi) is 3.76. The predicted molar refractivity (Wildman–Crippen MR) is 84.2 cm³/mol. The third-order valence-corrected chi connectivity index (χ3v) is 4.81. The number of fused-ring (bicyclic) bond motifs is 4. The van der Waals surface area contributed by atoms with Gasteiger partial charge in [-0.1, -0.05) is 0 Å². The number of carbonyl (C=O) groups is 2. The molecule has 7 nitrogen and oxygen atoms in total. The lowest BCUT2D eigenvalue weighted by molar-refractivity contribution is 0.0573. The molecule has 7 heteroatoms. The number of amides is 2. The largest absolute Gasteiger partial charge is 0.472 e. The highest BCUT2D eigenvalue weighted by atomic mass is 16.3. The van der Waals surface area contributed by atoms with Crippen LogP contribution in [0.5, 0.6) is 0 Å². The van der Waals surface area contributed by atoms with Crippen LogP contribution in [0.3, 0.4) is 0 Å². The van der Waals surface area contributed by atoms with Gasteiger partial charge in [-0.15, -0.1) is 0 Å². The molecule has 5 heterocycles. The predicted octanol–water partition coefficient (Wildman–Crippen LogP) is 1.45. The molecule has 0 spiro atoms. The Morgan fingerprint density at radius 3 is 2.79 bits per heavy atom. The number of piperidine rings is 1. The van der Waals surface area contributed by atoms with Crippen molar-refractivity contribution in [3.05, 3.63) is 48.4 Å². The molecule has 0 radical (unpaired) electrons. The number of carbonyl (C=O) groups excluding carboxylic acids is 2. The van der Waals surface area contributed by atoms with Crippen LogP contribution in [0.1, 0.15) is 33.7 Å². The molecule has 24 heavy (non-hydrogen) atoms.